The summed E-state index contributed by atoms with van der Waals surface area (Å²) in [5.41, 5.74) is 5.37. The van der Waals surface area contributed by atoms with E-state index in [0.717, 1.165) is 12.0 Å². The van der Waals surface area contributed by atoms with E-state index < -0.39 is 0 Å². The van der Waals surface area contributed by atoms with Crippen molar-refractivity contribution in [3.63, 3.8) is 0 Å². The minimum absolute atomic E-state index is 0.00255. The van der Waals surface area contributed by atoms with Crippen LogP contribution in [0, 0.1) is 5.92 Å². The molecule has 1 amide bonds. The predicted octanol–water partition coefficient (Wildman–Crippen LogP) is 4.64. The van der Waals surface area contributed by atoms with E-state index >= 15 is 0 Å². The highest BCUT2D eigenvalue weighted by atomic mass is 35.5. The maximum atomic E-state index is 12.2. The summed E-state index contributed by atoms with van der Waals surface area (Å²) in [6.45, 7) is 1.82. The highest BCUT2D eigenvalue weighted by Gasteiger charge is 2.43. The lowest BCUT2D eigenvalue weighted by atomic mass is 10.1. The summed E-state index contributed by atoms with van der Waals surface area (Å²) in [6, 6.07) is 15.4. The predicted molar refractivity (Wildman–Crippen MR) is 94.1 cm³/mol. The zero-order chi connectivity index (χ0) is 16.4. The van der Waals surface area contributed by atoms with Gasteiger partial charge in [0.25, 0.3) is 0 Å². The maximum absolute atomic E-state index is 12.2. The van der Waals surface area contributed by atoms with Crippen molar-refractivity contribution < 1.29 is 4.79 Å². The van der Waals surface area contributed by atoms with Gasteiger partial charge in [-0.25, -0.2) is 5.43 Å². The van der Waals surface area contributed by atoms with Crippen LogP contribution in [0.5, 0.6) is 0 Å². The third kappa shape index (κ3) is 3.74. The van der Waals surface area contributed by atoms with Crippen LogP contribution in [0.25, 0.3) is 0 Å². The first kappa shape index (κ1) is 16.0. The molecule has 0 radical (unpaired) electrons. The Morgan fingerprint density at radius 2 is 1.87 bits per heavy atom. The molecule has 5 heteroatoms. The molecule has 3 rings (SSSR count). The molecule has 1 fully saturated rings. The quantitative estimate of drug-likeness (QED) is 0.635. The molecular weight excluding hydrogens is 331 g/mol. The van der Waals surface area contributed by atoms with E-state index in [9.17, 15) is 4.79 Å². The van der Waals surface area contributed by atoms with Gasteiger partial charge in [0.1, 0.15) is 0 Å². The van der Waals surface area contributed by atoms with Gasteiger partial charge in [-0.05, 0) is 42.5 Å². The van der Waals surface area contributed by atoms with E-state index in [0.29, 0.717) is 21.7 Å². The SMILES string of the molecule is CC(=NNC(=O)[C@@H]1C[C@@H]1c1ccccc1)c1ccc(Cl)c(Cl)c1. The zero-order valence-electron chi connectivity index (χ0n) is 12.6. The molecule has 0 unspecified atom stereocenters. The second-order valence-corrected chi connectivity index (χ2v) is 6.48. The Labute approximate surface area is 145 Å². The van der Waals surface area contributed by atoms with E-state index in [1.165, 1.54) is 5.56 Å². The number of amides is 1. The Morgan fingerprint density at radius 1 is 1.13 bits per heavy atom. The highest BCUT2D eigenvalue weighted by Crippen LogP contribution is 2.47. The largest absolute Gasteiger partial charge is 0.273 e. The van der Waals surface area contributed by atoms with Gasteiger partial charge in [0.15, 0.2) is 0 Å². The molecule has 1 aliphatic rings. The van der Waals surface area contributed by atoms with Crippen LogP contribution in [0.3, 0.4) is 0 Å². The van der Waals surface area contributed by atoms with Crippen LogP contribution in [0.2, 0.25) is 10.0 Å². The Hall–Kier alpha value is -1.84. The molecule has 0 heterocycles. The Kier molecular flexibility index (Phi) is 4.69. The third-order valence-corrected chi connectivity index (χ3v) is 4.77. The van der Waals surface area contributed by atoms with Gasteiger partial charge in [-0.1, -0.05) is 59.6 Å². The summed E-state index contributed by atoms with van der Waals surface area (Å²) < 4.78 is 0. The number of nitrogens with zero attached hydrogens (tertiary/aromatic N) is 1. The molecule has 0 aromatic heterocycles. The van der Waals surface area contributed by atoms with E-state index in [-0.39, 0.29) is 11.8 Å². The Bertz CT molecular complexity index is 759. The summed E-state index contributed by atoms with van der Waals surface area (Å²) >= 11 is 11.9. The average molecular weight is 347 g/mol. The molecule has 0 bridgehead atoms. The van der Waals surface area contributed by atoms with Gasteiger partial charge in [-0.3, -0.25) is 4.79 Å². The summed E-state index contributed by atoms with van der Waals surface area (Å²) in [4.78, 5) is 12.2. The van der Waals surface area contributed by atoms with Crippen molar-refractivity contribution in [1.29, 1.82) is 0 Å². The van der Waals surface area contributed by atoms with Crippen LogP contribution in [0.15, 0.2) is 53.6 Å². The van der Waals surface area contributed by atoms with Crippen molar-refractivity contribution >= 4 is 34.8 Å². The molecule has 3 nitrogen and oxygen atoms in total. The normalized spacial score (nSPS) is 20.2. The Balaban J connectivity index is 1.61. The molecule has 2 aromatic carbocycles. The lowest BCUT2D eigenvalue weighted by Crippen LogP contribution is -2.21. The topological polar surface area (TPSA) is 41.5 Å². The smallest absolute Gasteiger partial charge is 0.243 e. The first-order valence-electron chi connectivity index (χ1n) is 7.41. The lowest BCUT2D eigenvalue weighted by molar-refractivity contribution is -0.122. The number of rotatable bonds is 4. The molecule has 2 aromatic rings. The second kappa shape index (κ2) is 6.73. The standard InChI is InChI=1S/C18H16Cl2N2O/c1-11(13-7-8-16(19)17(20)9-13)21-22-18(23)15-10-14(15)12-5-3-2-4-6-12/h2-9,14-15H,10H2,1H3,(H,22,23)/t14-,15-/m1/s1. The molecule has 1 saturated carbocycles. The minimum Gasteiger partial charge on any atom is -0.273 e. The van der Waals surface area contributed by atoms with Crippen LogP contribution >= 0.6 is 23.2 Å². The number of benzene rings is 2. The molecular formula is C18H16Cl2N2O. The number of hydrogen-bond acceptors (Lipinski definition) is 2. The molecule has 118 valence electrons. The molecule has 0 aliphatic heterocycles. The van der Waals surface area contributed by atoms with Crippen molar-refractivity contribution in [2.45, 2.75) is 19.3 Å². The highest BCUT2D eigenvalue weighted by molar-refractivity contribution is 6.42. The first-order valence-corrected chi connectivity index (χ1v) is 8.16. The first-order chi connectivity index (χ1) is 11.1. The van der Waals surface area contributed by atoms with Crippen LogP contribution < -0.4 is 5.43 Å². The fourth-order valence-corrected chi connectivity index (χ4v) is 2.86. The summed E-state index contributed by atoms with van der Waals surface area (Å²) in [5, 5.41) is 5.13. The molecule has 1 N–H and O–H groups in total. The number of nitrogens with one attached hydrogen (secondary N) is 1. The number of hydrazone groups is 1. The van der Waals surface area contributed by atoms with Gasteiger partial charge >= 0.3 is 0 Å². The van der Waals surface area contributed by atoms with Crippen molar-refractivity contribution in [1.82, 2.24) is 5.43 Å². The van der Waals surface area contributed by atoms with Gasteiger partial charge in [-0.2, -0.15) is 5.10 Å². The average Bonchev–Trinajstić information content (AvgIpc) is 3.36. The van der Waals surface area contributed by atoms with Gasteiger partial charge in [0, 0.05) is 5.92 Å². The van der Waals surface area contributed by atoms with Crippen LogP contribution in [0.4, 0.5) is 0 Å². The molecule has 0 saturated heterocycles. The van der Waals surface area contributed by atoms with Gasteiger partial charge in [0.05, 0.1) is 15.8 Å². The van der Waals surface area contributed by atoms with Crippen LogP contribution in [-0.2, 0) is 4.79 Å². The van der Waals surface area contributed by atoms with E-state index in [1.54, 1.807) is 12.1 Å². The van der Waals surface area contributed by atoms with E-state index in [1.807, 2.05) is 31.2 Å². The Morgan fingerprint density at radius 3 is 2.57 bits per heavy atom. The van der Waals surface area contributed by atoms with E-state index in [2.05, 4.69) is 22.7 Å². The summed E-state index contributed by atoms with van der Waals surface area (Å²) in [6.07, 6.45) is 0.872. The number of halogens is 2. The van der Waals surface area contributed by atoms with E-state index in [4.69, 9.17) is 23.2 Å². The van der Waals surface area contributed by atoms with Crippen LogP contribution in [0.1, 0.15) is 30.4 Å². The molecule has 23 heavy (non-hydrogen) atoms. The van der Waals surface area contributed by atoms with Gasteiger partial charge in [-0.15, -0.1) is 0 Å². The summed E-state index contributed by atoms with van der Waals surface area (Å²) in [7, 11) is 0. The zero-order valence-corrected chi connectivity index (χ0v) is 14.1. The maximum Gasteiger partial charge on any atom is 0.243 e. The van der Waals surface area contributed by atoms with Gasteiger partial charge in [0.2, 0.25) is 5.91 Å². The third-order valence-electron chi connectivity index (χ3n) is 4.03. The van der Waals surface area contributed by atoms with Crippen LogP contribution in [-0.4, -0.2) is 11.6 Å². The molecule has 0 spiro atoms. The number of hydrogen-bond donors (Lipinski definition) is 1. The fraction of sp³-hybridized carbons (Fsp3) is 0.222. The van der Waals surface area contributed by atoms with Crippen molar-refractivity contribution in [2.75, 3.05) is 0 Å². The molecule has 2 atom stereocenters. The fourth-order valence-electron chi connectivity index (χ4n) is 2.56. The van der Waals surface area contributed by atoms with Crippen molar-refractivity contribution in [2.24, 2.45) is 11.0 Å². The van der Waals surface area contributed by atoms with Gasteiger partial charge < -0.3 is 0 Å². The molecule has 1 aliphatic carbocycles. The second-order valence-electron chi connectivity index (χ2n) is 5.66. The monoisotopic (exact) mass is 346 g/mol. The minimum atomic E-state index is -0.0433. The van der Waals surface area contributed by atoms with Crippen molar-refractivity contribution in [3.8, 4) is 0 Å². The lowest BCUT2D eigenvalue weighted by Gasteiger charge is -2.04. The summed E-state index contributed by atoms with van der Waals surface area (Å²) in [5.74, 6) is 0.262. The van der Waals surface area contributed by atoms with Crippen molar-refractivity contribution in [3.05, 3.63) is 69.7 Å². The number of carbonyl (C=O) groups excluding carboxylic acids is 1. The number of carbonyl (C=O) groups is 1.